The predicted octanol–water partition coefficient (Wildman–Crippen LogP) is 6.49. The molecule has 0 aliphatic heterocycles. The smallest absolute Gasteiger partial charge is 0.326 e. The highest BCUT2D eigenvalue weighted by Gasteiger charge is 2.39. The Morgan fingerprint density at radius 3 is 2.22 bits per heavy atom. The molecular formula is C19H16ClF6N. The first-order valence-electron chi connectivity index (χ1n) is 7.84. The lowest BCUT2D eigenvalue weighted by Gasteiger charge is -2.18. The topological polar surface area (TPSA) is 26.0 Å². The maximum atomic E-state index is 13.4. The van der Waals surface area contributed by atoms with Gasteiger partial charge in [-0.2, -0.15) is 26.3 Å². The van der Waals surface area contributed by atoms with Crippen LogP contribution >= 0.6 is 11.6 Å². The van der Waals surface area contributed by atoms with Crippen LogP contribution in [-0.2, 0) is 12.7 Å². The van der Waals surface area contributed by atoms with Gasteiger partial charge in [-0.05, 0) is 41.3 Å². The molecule has 146 valence electrons. The molecule has 0 aromatic heterocycles. The molecule has 0 bridgehead atoms. The monoisotopic (exact) mass is 407 g/mol. The van der Waals surface area contributed by atoms with Crippen molar-refractivity contribution in [1.29, 1.82) is 0 Å². The lowest BCUT2D eigenvalue weighted by molar-refractivity contribution is -0.140. The zero-order chi connectivity index (χ0) is 20.4. The summed E-state index contributed by atoms with van der Waals surface area (Å²) in [5.74, 6) is -2.00. The SMILES string of the molecule is Cc1ccc(C(/C=C/c2ccc(CN)c(C(F)(F)F)c2)C(F)(F)F)cc1Cl. The van der Waals surface area contributed by atoms with Crippen molar-refractivity contribution in [3.63, 3.8) is 0 Å². The van der Waals surface area contributed by atoms with Crippen LogP contribution in [-0.4, -0.2) is 6.18 Å². The van der Waals surface area contributed by atoms with Crippen LogP contribution in [0.25, 0.3) is 6.08 Å². The van der Waals surface area contributed by atoms with Crippen molar-refractivity contribution in [3.05, 3.63) is 75.3 Å². The van der Waals surface area contributed by atoms with Crippen LogP contribution < -0.4 is 5.73 Å². The Kier molecular flexibility index (Phi) is 6.27. The van der Waals surface area contributed by atoms with Crippen molar-refractivity contribution >= 4 is 17.7 Å². The van der Waals surface area contributed by atoms with Crippen LogP contribution in [0.15, 0.2) is 42.5 Å². The molecular weight excluding hydrogens is 392 g/mol. The number of benzene rings is 2. The molecule has 1 atom stereocenters. The molecule has 0 spiro atoms. The van der Waals surface area contributed by atoms with Gasteiger partial charge in [-0.1, -0.05) is 48.0 Å². The average molecular weight is 408 g/mol. The van der Waals surface area contributed by atoms with Crippen molar-refractivity contribution in [2.45, 2.75) is 31.7 Å². The summed E-state index contributed by atoms with van der Waals surface area (Å²) < 4.78 is 79.5. The van der Waals surface area contributed by atoms with E-state index in [0.29, 0.717) is 5.56 Å². The van der Waals surface area contributed by atoms with Crippen molar-refractivity contribution in [3.8, 4) is 0 Å². The summed E-state index contributed by atoms with van der Waals surface area (Å²) in [7, 11) is 0. The van der Waals surface area contributed by atoms with Gasteiger partial charge in [-0.3, -0.25) is 0 Å². The number of alkyl halides is 6. The van der Waals surface area contributed by atoms with Crippen LogP contribution in [0.1, 0.15) is 33.7 Å². The normalized spacial score (nSPS) is 14.0. The summed E-state index contributed by atoms with van der Waals surface area (Å²) in [5, 5.41) is 0.182. The second-order valence-electron chi connectivity index (χ2n) is 6.01. The van der Waals surface area contributed by atoms with Gasteiger partial charge >= 0.3 is 12.4 Å². The molecule has 27 heavy (non-hydrogen) atoms. The minimum atomic E-state index is -4.65. The zero-order valence-corrected chi connectivity index (χ0v) is 14.9. The molecule has 2 aromatic carbocycles. The van der Waals surface area contributed by atoms with Crippen molar-refractivity contribution in [2.75, 3.05) is 0 Å². The molecule has 2 rings (SSSR count). The van der Waals surface area contributed by atoms with E-state index >= 15 is 0 Å². The van der Waals surface area contributed by atoms with E-state index in [1.54, 1.807) is 6.92 Å². The first kappa shape index (κ1) is 21.3. The highest BCUT2D eigenvalue weighted by Crippen LogP contribution is 2.38. The van der Waals surface area contributed by atoms with Gasteiger partial charge in [0.25, 0.3) is 0 Å². The lowest BCUT2D eigenvalue weighted by atomic mass is 9.95. The standard InChI is InChI=1S/C19H16ClF6N/c1-11-2-5-13(9-17(11)20)15(18(21,22)23)7-4-12-3-6-14(10-27)16(8-12)19(24,25)26/h2-9,15H,10,27H2,1H3/b7-4+. The summed E-state index contributed by atoms with van der Waals surface area (Å²) in [4.78, 5) is 0. The third-order valence-corrected chi connectivity index (χ3v) is 4.46. The van der Waals surface area contributed by atoms with Crippen LogP contribution in [0.3, 0.4) is 0 Å². The van der Waals surface area contributed by atoms with Gasteiger partial charge in [0, 0.05) is 11.6 Å². The molecule has 8 heteroatoms. The Bertz CT molecular complexity index is 839. The quantitative estimate of drug-likeness (QED) is 0.576. The number of nitrogens with two attached hydrogens (primary N) is 1. The number of hydrogen-bond donors (Lipinski definition) is 1. The van der Waals surface area contributed by atoms with Crippen LogP contribution in [0, 0.1) is 6.92 Å². The van der Waals surface area contributed by atoms with E-state index in [0.717, 1.165) is 24.3 Å². The third kappa shape index (κ3) is 5.26. The molecule has 0 amide bonds. The largest absolute Gasteiger partial charge is 0.416 e. The molecule has 1 unspecified atom stereocenters. The van der Waals surface area contributed by atoms with E-state index in [2.05, 4.69) is 0 Å². The van der Waals surface area contributed by atoms with Gasteiger partial charge in [0.15, 0.2) is 0 Å². The molecule has 0 aliphatic carbocycles. The van der Waals surface area contributed by atoms with Gasteiger partial charge in [-0.15, -0.1) is 0 Å². The molecule has 1 nitrogen and oxygen atoms in total. The predicted molar refractivity (Wildman–Crippen MR) is 93.4 cm³/mol. The average Bonchev–Trinajstić information content (AvgIpc) is 2.56. The van der Waals surface area contributed by atoms with Crippen LogP contribution in [0.2, 0.25) is 5.02 Å². The summed E-state index contributed by atoms with van der Waals surface area (Å²) >= 11 is 5.90. The van der Waals surface area contributed by atoms with Gasteiger partial charge in [0.2, 0.25) is 0 Å². The molecule has 0 fully saturated rings. The van der Waals surface area contributed by atoms with Gasteiger partial charge in [0.1, 0.15) is 0 Å². The number of aryl methyl sites for hydroxylation is 1. The number of hydrogen-bond acceptors (Lipinski definition) is 1. The van der Waals surface area contributed by atoms with E-state index in [1.807, 2.05) is 0 Å². The second kappa shape index (κ2) is 7.94. The van der Waals surface area contributed by atoms with Crippen molar-refractivity contribution in [1.82, 2.24) is 0 Å². The Labute approximate surface area is 157 Å². The van der Waals surface area contributed by atoms with Crippen molar-refractivity contribution in [2.24, 2.45) is 5.73 Å². The van der Waals surface area contributed by atoms with Gasteiger partial charge in [-0.25, -0.2) is 0 Å². The Hall–Kier alpha value is -1.99. The summed E-state index contributed by atoms with van der Waals surface area (Å²) in [6.07, 6.45) is -7.44. The molecule has 2 N–H and O–H groups in total. The fourth-order valence-electron chi connectivity index (χ4n) is 2.56. The van der Waals surface area contributed by atoms with E-state index in [1.165, 1.54) is 24.3 Å². The van der Waals surface area contributed by atoms with E-state index in [9.17, 15) is 26.3 Å². The molecule has 0 radical (unpaired) electrons. The van der Waals surface area contributed by atoms with E-state index in [4.69, 9.17) is 17.3 Å². The van der Waals surface area contributed by atoms with Gasteiger partial charge < -0.3 is 5.73 Å². The van der Waals surface area contributed by atoms with Crippen LogP contribution in [0.5, 0.6) is 0 Å². The fraction of sp³-hybridized carbons (Fsp3) is 0.263. The Morgan fingerprint density at radius 2 is 1.70 bits per heavy atom. The molecule has 0 saturated carbocycles. The van der Waals surface area contributed by atoms with Crippen LogP contribution in [0.4, 0.5) is 26.3 Å². The summed E-state index contributed by atoms with van der Waals surface area (Å²) in [5.41, 5.74) is 4.73. The number of rotatable bonds is 4. The first-order chi connectivity index (χ1) is 12.4. The molecule has 0 heterocycles. The highest BCUT2D eigenvalue weighted by atomic mass is 35.5. The summed E-state index contributed by atoms with van der Waals surface area (Å²) in [6, 6.07) is 7.20. The zero-order valence-electron chi connectivity index (χ0n) is 14.1. The maximum absolute atomic E-state index is 13.4. The lowest BCUT2D eigenvalue weighted by Crippen LogP contribution is -2.19. The highest BCUT2D eigenvalue weighted by molar-refractivity contribution is 6.31. The number of halogens is 7. The third-order valence-electron chi connectivity index (χ3n) is 4.05. The maximum Gasteiger partial charge on any atom is 0.416 e. The summed E-state index contributed by atoms with van der Waals surface area (Å²) in [6.45, 7) is 1.33. The molecule has 0 aliphatic rings. The van der Waals surface area contributed by atoms with E-state index in [-0.39, 0.29) is 28.3 Å². The minimum Gasteiger partial charge on any atom is -0.326 e. The second-order valence-corrected chi connectivity index (χ2v) is 6.41. The first-order valence-corrected chi connectivity index (χ1v) is 8.22. The van der Waals surface area contributed by atoms with E-state index < -0.39 is 23.8 Å². The molecule has 2 aromatic rings. The van der Waals surface area contributed by atoms with Crippen molar-refractivity contribution < 1.29 is 26.3 Å². The Balaban J connectivity index is 2.44. The minimum absolute atomic E-state index is 0.00742. The number of allylic oxidation sites excluding steroid dienone is 1. The fourth-order valence-corrected chi connectivity index (χ4v) is 2.75. The van der Waals surface area contributed by atoms with Gasteiger partial charge in [0.05, 0.1) is 11.5 Å². The Morgan fingerprint density at radius 1 is 1.04 bits per heavy atom. The molecule has 0 saturated heterocycles.